The molecule has 84 valence electrons. The molecule has 0 spiro atoms. The summed E-state index contributed by atoms with van der Waals surface area (Å²) in [6, 6.07) is 7.37. The smallest absolute Gasteiger partial charge is 0.123 e. The molecule has 0 radical (unpaired) electrons. The van der Waals surface area contributed by atoms with E-state index in [0.29, 0.717) is 12.0 Å². The zero-order valence-corrected chi connectivity index (χ0v) is 9.76. The van der Waals surface area contributed by atoms with E-state index in [1.807, 2.05) is 13.1 Å². The Labute approximate surface area is 91.7 Å². The third-order valence-corrected chi connectivity index (χ3v) is 3.01. The van der Waals surface area contributed by atoms with Crippen molar-refractivity contribution in [2.75, 3.05) is 7.05 Å². The molecule has 0 aliphatic heterocycles. The van der Waals surface area contributed by atoms with Gasteiger partial charge in [0.2, 0.25) is 0 Å². The minimum atomic E-state index is -0.142. The predicted octanol–water partition coefficient (Wildman–Crippen LogP) is 3.32. The van der Waals surface area contributed by atoms with Gasteiger partial charge in [0.05, 0.1) is 0 Å². The maximum atomic E-state index is 13.1. The maximum absolute atomic E-state index is 13.1. The van der Waals surface area contributed by atoms with Gasteiger partial charge in [-0.05, 0) is 43.5 Å². The molecule has 0 aliphatic rings. The van der Waals surface area contributed by atoms with Crippen LogP contribution in [0.2, 0.25) is 0 Å². The molecule has 2 unspecified atom stereocenters. The van der Waals surface area contributed by atoms with Crippen LogP contribution in [-0.4, -0.2) is 13.1 Å². The lowest BCUT2D eigenvalue weighted by atomic mass is 9.88. The number of halogens is 1. The summed E-state index contributed by atoms with van der Waals surface area (Å²) in [6.45, 7) is 4.30. The molecule has 1 rings (SSSR count). The minimum Gasteiger partial charge on any atom is -0.316 e. The molecular formula is C13H20FN. The molecule has 0 saturated heterocycles. The molecule has 0 aliphatic carbocycles. The molecule has 15 heavy (non-hydrogen) atoms. The van der Waals surface area contributed by atoms with E-state index in [2.05, 4.69) is 19.2 Å². The van der Waals surface area contributed by atoms with Gasteiger partial charge in [0.25, 0.3) is 0 Å². The highest BCUT2D eigenvalue weighted by Crippen LogP contribution is 2.25. The number of benzene rings is 1. The molecule has 0 fully saturated rings. The Kier molecular flexibility index (Phi) is 4.76. The Morgan fingerprint density at radius 3 is 2.47 bits per heavy atom. The van der Waals surface area contributed by atoms with Crippen LogP contribution in [0, 0.1) is 5.82 Å². The lowest BCUT2D eigenvalue weighted by Crippen LogP contribution is -2.31. The minimum absolute atomic E-state index is 0.142. The van der Waals surface area contributed by atoms with Crippen molar-refractivity contribution in [3.63, 3.8) is 0 Å². The van der Waals surface area contributed by atoms with Crippen molar-refractivity contribution in [2.24, 2.45) is 0 Å². The standard InChI is InChI=1S/C13H20FN/c1-4-12(13(5-2)15-3)10-7-6-8-11(14)9-10/h6-9,12-13,15H,4-5H2,1-3H3. The predicted molar refractivity (Wildman–Crippen MR) is 62.6 cm³/mol. The molecule has 1 aromatic rings. The molecule has 1 nitrogen and oxygen atoms in total. The van der Waals surface area contributed by atoms with E-state index in [0.717, 1.165) is 18.4 Å². The molecule has 0 bridgehead atoms. The second-order valence-corrected chi connectivity index (χ2v) is 3.87. The number of hydrogen-bond donors (Lipinski definition) is 1. The summed E-state index contributed by atoms with van der Waals surface area (Å²) < 4.78 is 13.1. The van der Waals surface area contributed by atoms with Gasteiger partial charge in [-0.1, -0.05) is 26.0 Å². The van der Waals surface area contributed by atoms with Crippen molar-refractivity contribution < 1.29 is 4.39 Å². The van der Waals surface area contributed by atoms with Gasteiger partial charge >= 0.3 is 0 Å². The Hall–Kier alpha value is -0.890. The molecule has 0 saturated carbocycles. The van der Waals surface area contributed by atoms with E-state index in [9.17, 15) is 4.39 Å². The van der Waals surface area contributed by atoms with Gasteiger partial charge in [-0.15, -0.1) is 0 Å². The van der Waals surface area contributed by atoms with Crippen molar-refractivity contribution in [3.05, 3.63) is 35.6 Å². The normalized spacial score (nSPS) is 14.9. The summed E-state index contributed by atoms with van der Waals surface area (Å²) in [5, 5.41) is 3.30. The van der Waals surface area contributed by atoms with Gasteiger partial charge in [-0.2, -0.15) is 0 Å². The van der Waals surface area contributed by atoms with Crippen LogP contribution in [0.1, 0.15) is 38.2 Å². The molecule has 2 atom stereocenters. The summed E-state index contributed by atoms with van der Waals surface area (Å²) in [5.41, 5.74) is 1.10. The van der Waals surface area contributed by atoms with Crippen molar-refractivity contribution in [1.82, 2.24) is 5.32 Å². The van der Waals surface area contributed by atoms with Crippen LogP contribution < -0.4 is 5.32 Å². The largest absolute Gasteiger partial charge is 0.316 e. The molecular weight excluding hydrogens is 189 g/mol. The van der Waals surface area contributed by atoms with Gasteiger partial charge in [0.1, 0.15) is 5.82 Å². The first-order chi connectivity index (χ1) is 7.22. The van der Waals surface area contributed by atoms with E-state index in [4.69, 9.17) is 0 Å². The van der Waals surface area contributed by atoms with E-state index >= 15 is 0 Å². The second kappa shape index (κ2) is 5.86. The van der Waals surface area contributed by atoms with Crippen LogP contribution in [0.15, 0.2) is 24.3 Å². The Balaban J connectivity index is 2.90. The summed E-state index contributed by atoms with van der Waals surface area (Å²) >= 11 is 0. The van der Waals surface area contributed by atoms with Crippen LogP contribution in [0.5, 0.6) is 0 Å². The first kappa shape index (κ1) is 12.2. The Morgan fingerprint density at radius 2 is 2.00 bits per heavy atom. The topological polar surface area (TPSA) is 12.0 Å². The van der Waals surface area contributed by atoms with Crippen LogP contribution >= 0.6 is 0 Å². The molecule has 1 N–H and O–H groups in total. The molecule has 0 amide bonds. The SMILES string of the molecule is CCC(NC)C(CC)c1cccc(F)c1. The van der Waals surface area contributed by atoms with E-state index < -0.39 is 0 Å². The second-order valence-electron chi connectivity index (χ2n) is 3.87. The van der Waals surface area contributed by atoms with E-state index in [1.165, 1.54) is 6.07 Å². The first-order valence-electron chi connectivity index (χ1n) is 5.65. The van der Waals surface area contributed by atoms with Crippen LogP contribution in [0.25, 0.3) is 0 Å². The van der Waals surface area contributed by atoms with Crippen molar-refractivity contribution >= 4 is 0 Å². The summed E-state index contributed by atoms with van der Waals surface area (Å²) in [6.07, 6.45) is 2.09. The quantitative estimate of drug-likeness (QED) is 0.784. The Bertz CT molecular complexity index is 294. The number of rotatable bonds is 5. The highest BCUT2D eigenvalue weighted by Gasteiger charge is 2.18. The van der Waals surface area contributed by atoms with Gasteiger partial charge in [-0.3, -0.25) is 0 Å². The van der Waals surface area contributed by atoms with Crippen LogP contribution in [0.4, 0.5) is 4.39 Å². The highest BCUT2D eigenvalue weighted by atomic mass is 19.1. The summed E-state index contributed by atoms with van der Waals surface area (Å²) in [7, 11) is 1.97. The number of likely N-dealkylation sites (N-methyl/N-ethyl adjacent to an activating group) is 1. The number of nitrogens with one attached hydrogen (secondary N) is 1. The first-order valence-corrected chi connectivity index (χ1v) is 5.65. The molecule has 2 heteroatoms. The lowest BCUT2D eigenvalue weighted by Gasteiger charge is -2.25. The molecule has 1 aromatic carbocycles. The summed E-state index contributed by atoms with van der Waals surface area (Å²) in [4.78, 5) is 0. The molecule has 0 aromatic heterocycles. The fourth-order valence-electron chi connectivity index (χ4n) is 2.18. The van der Waals surface area contributed by atoms with Gasteiger partial charge in [0, 0.05) is 6.04 Å². The lowest BCUT2D eigenvalue weighted by molar-refractivity contribution is 0.438. The van der Waals surface area contributed by atoms with Gasteiger partial charge in [0.15, 0.2) is 0 Å². The number of hydrogen-bond acceptors (Lipinski definition) is 1. The van der Waals surface area contributed by atoms with Gasteiger partial charge < -0.3 is 5.32 Å². The third-order valence-electron chi connectivity index (χ3n) is 3.01. The van der Waals surface area contributed by atoms with E-state index in [1.54, 1.807) is 12.1 Å². The zero-order chi connectivity index (χ0) is 11.3. The fourth-order valence-corrected chi connectivity index (χ4v) is 2.18. The van der Waals surface area contributed by atoms with Crippen LogP contribution in [0.3, 0.4) is 0 Å². The van der Waals surface area contributed by atoms with Crippen molar-refractivity contribution in [2.45, 2.75) is 38.6 Å². The summed E-state index contributed by atoms with van der Waals surface area (Å²) in [5.74, 6) is 0.257. The highest BCUT2D eigenvalue weighted by molar-refractivity contribution is 5.22. The molecule has 0 heterocycles. The zero-order valence-electron chi connectivity index (χ0n) is 9.76. The average molecular weight is 209 g/mol. The van der Waals surface area contributed by atoms with E-state index in [-0.39, 0.29) is 5.82 Å². The Morgan fingerprint density at radius 1 is 1.27 bits per heavy atom. The average Bonchev–Trinajstić information content (AvgIpc) is 2.25. The monoisotopic (exact) mass is 209 g/mol. The maximum Gasteiger partial charge on any atom is 0.123 e. The fraction of sp³-hybridized carbons (Fsp3) is 0.538. The van der Waals surface area contributed by atoms with Crippen LogP contribution in [-0.2, 0) is 0 Å². The third kappa shape index (κ3) is 3.03. The van der Waals surface area contributed by atoms with Crippen molar-refractivity contribution in [1.29, 1.82) is 0 Å². The van der Waals surface area contributed by atoms with Gasteiger partial charge in [-0.25, -0.2) is 4.39 Å². The van der Waals surface area contributed by atoms with Crippen molar-refractivity contribution in [3.8, 4) is 0 Å².